The average Bonchev–Trinajstić information content (AvgIpc) is 2.44. The lowest BCUT2D eigenvalue weighted by molar-refractivity contribution is 0.0827. The Bertz CT molecular complexity index is 684. The van der Waals surface area contributed by atoms with Gasteiger partial charge in [-0.25, -0.2) is 0 Å². The Morgan fingerprint density at radius 1 is 1.14 bits per heavy atom. The first kappa shape index (κ1) is 15.2. The van der Waals surface area contributed by atoms with Crippen molar-refractivity contribution < 1.29 is 9.53 Å². The Morgan fingerprint density at radius 3 is 2.52 bits per heavy atom. The molecule has 0 spiro atoms. The van der Waals surface area contributed by atoms with Gasteiger partial charge in [-0.15, -0.1) is 0 Å². The highest BCUT2D eigenvalue weighted by Gasteiger charge is 2.12. The molecular formula is C16H17ClN2O2. The van der Waals surface area contributed by atoms with Gasteiger partial charge in [0, 0.05) is 19.7 Å². The lowest BCUT2D eigenvalue weighted by Gasteiger charge is -2.14. The Labute approximate surface area is 129 Å². The molecule has 0 atom stereocenters. The fraction of sp³-hybridized carbons (Fsp3) is 0.188. The molecule has 2 rings (SSSR count). The van der Waals surface area contributed by atoms with Gasteiger partial charge >= 0.3 is 0 Å². The highest BCUT2D eigenvalue weighted by atomic mass is 35.5. The van der Waals surface area contributed by atoms with Gasteiger partial charge in [0.25, 0.3) is 5.91 Å². The van der Waals surface area contributed by atoms with Crippen molar-refractivity contribution in [2.24, 2.45) is 0 Å². The first-order valence-electron chi connectivity index (χ1n) is 6.43. The van der Waals surface area contributed by atoms with E-state index in [4.69, 9.17) is 22.1 Å². The van der Waals surface area contributed by atoms with E-state index >= 15 is 0 Å². The lowest BCUT2D eigenvalue weighted by atomic mass is 10.1. The molecule has 0 bridgehead atoms. The quantitative estimate of drug-likeness (QED) is 0.879. The normalized spacial score (nSPS) is 10.3. The summed E-state index contributed by atoms with van der Waals surface area (Å²) < 4.78 is 5.76. The van der Waals surface area contributed by atoms with Crippen LogP contribution in [0.2, 0.25) is 5.02 Å². The Morgan fingerprint density at radius 2 is 1.86 bits per heavy atom. The van der Waals surface area contributed by atoms with Crippen molar-refractivity contribution in [3.05, 3.63) is 52.5 Å². The molecule has 2 aromatic rings. The van der Waals surface area contributed by atoms with Crippen molar-refractivity contribution in [3.8, 4) is 11.5 Å². The largest absolute Gasteiger partial charge is 0.454 e. The van der Waals surface area contributed by atoms with Crippen LogP contribution in [-0.4, -0.2) is 24.9 Å². The molecule has 0 aliphatic carbocycles. The van der Waals surface area contributed by atoms with Crippen LogP contribution in [0.4, 0.5) is 5.69 Å². The number of ether oxygens (including phenoxy) is 1. The molecule has 5 heteroatoms. The van der Waals surface area contributed by atoms with E-state index in [1.807, 2.05) is 19.1 Å². The van der Waals surface area contributed by atoms with Crippen LogP contribution in [-0.2, 0) is 0 Å². The van der Waals surface area contributed by atoms with E-state index in [1.165, 1.54) is 4.90 Å². The number of nitrogens with zero attached hydrogens (tertiary/aromatic N) is 1. The first-order chi connectivity index (χ1) is 9.88. The van der Waals surface area contributed by atoms with E-state index in [9.17, 15) is 4.79 Å². The fourth-order valence-electron chi connectivity index (χ4n) is 1.82. The van der Waals surface area contributed by atoms with Gasteiger partial charge in [0.15, 0.2) is 5.75 Å². The van der Waals surface area contributed by atoms with E-state index in [0.717, 1.165) is 5.56 Å². The highest BCUT2D eigenvalue weighted by Crippen LogP contribution is 2.33. The van der Waals surface area contributed by atoms with Gasteiger partial charge in [-0.3, -0.25) is 4.79 Å². The molecule has 1 amide bonds. The number of rotatable bonds is 3. The summed E-state index contributed by atoms with van der Waals surface area (Å²) in [5.74, 6) is 0.809. The van der Waals surface area contributed by atoms with E-state index in [2.05, 4.69) is 0 Å². The third-order valence-electron chi connectivity index (χ3n) is 2.97. The maximum absolute atomic E-state index is 12.0. The summed E-state index contributed by atoms with van der Waals surface area (Å²) in [6, 6.07) is 10.4. The van der Waals surface area contributed by atoms with Crippen LogP contribution >= 0.6 is 11.6 Å². The molecule has 0 aliphatic rings. The van der Waals surface area contributed by atoms with Crippen molar-refractivity contribution in [2.75, 3.05) is 19.8 Å². The Hall–Kier alpha value is -2.20. The first-order valence-corrected chi connectivity index (χ1v) is 6.81. The zero-order chi connectivity index (χ0) is 15.6. The zero-order valence-electron chi connectivity index (χ0n) is 12.2. The second-order valence-corrected chi connectivity index (χ2v) is 5.40. The summed E-state index contributed by atoms with van der Waals surface area (Å²) in [6.45, 7) is 1.94. The van der Waals surface area contributed by atoms with Crippen LogP contribution in [0, 0.1) is 6.92 Å². The number of anilines is 1. The van der Waals surface area contributed by atoms with Crippen LogP contribution in [0.15, 0.2) is 36.4 Å². The minimum absolute atomic E-state index is 0.116. The van der Waals surface area contributed by atoms with E-state index in [1.54, 1.807) is 38.4 Å². The number of aryl methyl sites for hydroxylation is 1. The molecule has 0 aromatic heterocycles. The third kappa shape index (κ3) is 3.47. The summed E-state index contributed by atoms with van der Waals surface area (Å²) in [5.41, 5.74) is 7.88. The fourth-order valence-corrected chi connectivity index (χ4v) is 1.98. The van der Waals surface area contributed by atoms with E-state index < -0.39 is 0 Å². The van der Waals surface area contributed by atoms with E-state index in [-0.39, 0.29) is 5.91 Å². The van der Waals surface area contributed by atoms with Crippen LogP contribution in [0.25, 0.3) is 0 Å². The van der Waals surface area contributed by atoms with Crippen molar-refractivity contribution in [1.82, 2.24) is 4.90 Å². The molecule has 2 N–H and O–H groups in total. The number of nitrogens with two attached hydrogens (primary N) is 1. The van der Waals surface area contributed by atoms with Gasteiger partial charge in [-0.1, -0.05) is 17.7 Å². The molecule has 110 valence electrons. The molecule has 0 saturated carbocycles. The topological polar surface area (TPSA) is 55.6 Å². The van der Waals surface area contributed by atoms with Gasteiger partial charge in [0.1, 0.15) is 5.75 Å². The lowest BCUT2D eigenvalue weighted by Crippen LogP contribution is -2.21. The average molecular weight is 305 g/mol. The number of halogens is 1. The molecule has 0 unspecified atom stereocenters. The second kappa shape index (κ2) is 6.06. The molecule has 2 aromatic carbocycles. The molecule has 21 heavy (non-hydrogen) atoms. The standard InChI is InChI=1S/C16H17ClN2O2/c1-10-4-6-12(17)14(8-10)21-15-9-11(5-7-13(15)18)16(20)19(2)3/h4-9H,18H2,1-3H3. The number of hydrogen-bond acceptors (Lipinski definition) is 3. The second-order valence-electron chi connectivity index (χ2n) is 4.99. The van der Waals surface area contributed by atoms with Gasteiger partial charge in [0.2, 0.25) is 0 Å². The van der Waals surface area contributed by atoms with Gasteiger partial charge < -0.3 is 15.4 Å². The number of hydrogen-bond donors (Lipinski definition) is 1. The van der Waals surface area contributed by atoms with Gasteiger partial charge in [-0.2, -0.15) is 0 Å². The minimum Gasteiger partial charge on any atom is -0.454 e. The zero-order valence-corrected chi connectivity index (χ0v) is 12.9. The molecule has 4 nitrogen and oxygen atoms in total. The molecule has 0 heterocycles. The van der Waals surface area contributed by atoms with Crippen molar-refractivity contribution in [2.45, 2.75) is 6.92 Å². The molecular weight excluding hydrogens is 288 g/mol. The summed E-state index contributed by atoms with van der Waals surface area (Å²) >= 11 is 6.11. The van der Waals surface area contributed by atoms with Crippen LogP contribution in [0.3, 0.4) is 0 Å². The molecule has 0 radical (unpaired) electrons. The molecule has 0 fully saturated rings. The van der Waals surface area contributed by atoms with Crippen LogP contribution in [0.5, 0.6) is 11.5 Å². The third-order valence-corrected chi connectivity index (χ3v) is 3.29. The molecule has 0 aliphatic heterocycles. The van der Waals surface area contributed by atoms with Crippen molar-refractivity contribution >= 4 is 23.2 Å². The predicted octanol–water partition coefficient (Wildman–Crippen LogP) is 3.72. The Kier molecular flexibility index (Phi) is 4.38. The smallest absolute Gasteiger partial charge is 0.253 e. The highest BCUT2D eigenvalue weighted by molar-refractivity contribution is 6.32. The maximum Gasteiger partial charge on any atom is 0.253 e. The summed E-state index contributed by atoms with van der Waals surface area (Å²) in [7, 11) is 3.38. The number of carbonyl (C=O) groups excluding carboxylic acids is 1. The summed E-state index contributed by atoms with van der Waals surface area (Å²) in [6.07, 6.45) is 0. The van der Waals surface area contributed by atoms with Crippen molar-refractivity contribution in [3.63, 3.8) is 0 Å². The minimum atomic E-state index is -0.116. The number of carbonyl (C=O) groups is 1. The summed E-state index contributed by atoms with van der Waals surface area (Å²) in [5, 5.41) is 0.490. The molecule has 0 saturated heterocycles. The number of amides is 1. The predicted molar refractivity (Wildman–Crippen MR) is 85.1 cm³/mol. The summed E-state index contributed by atoms with van der Waals surface area (Å²) in [4.78, 5) is 13.5. The van der Waals surface area contributed by atoms with E-state index in [0.29, 0.717) is 27.8 Å². The van der Waals surface area contributed by atoms with Crippen LogP contribution < -0.4 is 10.5 Å². The van der Waals surface area contributed by atoms with Gasteiger partial charge in [0.05, 0.1) is 10.7 Å². The van der Waals surface area contributed by atoms with Gasteiger partial charge in [-0.05, 0) is 42.8 Å². The Balaban J connectivity index is 2.37. The number of benzene rings is 2. The monoisotopic (exact) mass is 304 g/mol. The SMILES string of the molecule is Cc1ccc(Cl)c(Oc2cc(C(=O)N(C)C)ccc2N)c1. The number of nitrogen functional groups attached to an aromatic ring is 1. The van der Waals surface area contributed by atoms with Crippen LogP contribution in [0.1, 0.15) is 15.9 Å². The maximum atomic E-state index is 12.0. The van der Waals surface area contributed by atoms with Crippen molar-refractivity contribution in [1.29, 1.82) is 0 Å².